The smallest absolute Gasteiger partial charge is 0.213 e. The molecule has 1 aliphatic rings. The molecule has 1 saturated carbocycles. The van der Waals surface area contributed by atoms with Crippen molar-refractivity contribution in [2.75, 3.05) is 12.4 Å². The molecule has 0 spiro atoms. The summed E-state index contributed by atoms with van der Waals surface area (Å²) in [7, 11) is 1.64. The highest BCUT2D eigenvalue weighted by Gasteiger charge is 2.16. The molecule has 0 aliphatic heterocycles. The zero-order valence-electron chi connectivity index (χ0n) is 14.4. The van der Waals surface area contributed by atoms with E-state index >= 15 is 0 Å². The maximum atomic E-state index is 5.95. The maximum absolute atomic E-state index is 5.95. The van der Waals surface area contributed by atoms with Crippen LogP contribution in [0.25, 0.3) is 0 Å². The summed E-state index contributed by atoms with van der Waals surface area (Å²) in [5.74, 6) is 1.83. The molecule has 2 aromatic rings. The number of nitrogens with two attached hydrogens (primary N) is 1. The second kappa shape index (κ2) is 8.37. The fourth-order valence-electron chi connectivity index (χ4n) is 2.83. The van der Waals surface area contributed by atoms with Crippen molar-refractivity contribution in [2.45, 2.75) is 38.3 Å². The number of benzene rings is 1. The first kappa shape index (κ1) is 17.1. The van der Waals surface area contributed by atoms with Gasteiger partial charge in [-0.1, -0.05) is 0 Å². The lowest BCUT2D eigenvalue weighted by Crippen LogP contribution is -2.22. The Kier molecular flexibility index (Phi) is 5.72. The van der Waals surface area contributed by atoms with Crippen LogP contribution in [0.2, 0.25) is 0 Å². The van der Waals surface area contributed by atoms with Gasteiger partial charge in [0.1, 0.15) is 11.9 Å². The molecule has 132 valence electrons. The Hall–Kier alpha value is -2.76. The number of aliphatic imine (C=N–C) groups is 1. The van der Waals surface area contributed by atoms with E-state index in [2.05, 4.69) is 15.3 Å². The number of ether oxygens (including phenoxy) is 2. The molecular formula is C19H24N4O2. The molecule has 6 nitrogen and oxygen atoms in total. The van der Waals surface area contributed by atoms with Crippen molar-refractivity contribution in [3.8, 4) is 11.6 Å². The quantitative estimate of drug-likeness (QED) is 0.622. The van der Waals surface area contributed by atoms with E-state index in [4.69, 9.17) is 15.2 Å². The molecule has 6 heteroatoms. The van der Waals surface area contributed by atoms with Crippen molar-refractivity contribution >= 4 is 11.6 Å². The van der Waals surface area contributed by atoms with Crippen LogP contribution in [0.4, 0.5) is 5.69 Å². The molecule has 1 aromatic carbocycles. The lowest BCUT2D eigenvalue weighted by atomic mass is 10.2. The summed E-state index contributed by atoms with van der Waals surface area (Å²) in [6.45, 7) is 0.471. The summed E-state index contributed by atoms with van der Waals surface area (Å²) < 4.78 is 11.1. The second-order valence-corrected chi connectivity index (χ2v) is 6.08. The van der Waals surface area contributed by atoms with Crippen molar-refractivity contribution in [1.82, 2.24) is 4.98 Å². The number of pyridine rings is 1. The molecule has 1 heterocycles. The van der Waals surface area contributed by atoms with Crippen LogP contribution in [0, 0.1) is 0 Å². The van der Waals surface area contributed by atoms with Crippen LogP contribution in [-0.4, -0.2) is 24.2 Å². The van der Waals surface area contributed by atoms with Crippen LogP contribution in [-0.2, 0) is 6.54 Å². The fraction of sp³-hybridized carbons (Fsp3) is 0.368. The maximum Gasteiger partial charge on any atom is 0.213 e. The van der Waals surface area contributed by atoms with Crippen LogP contribution < -0.4 is 20.5 Å². The molecule has 0 amide bonds. The Morgan fingerprint density at radius 3 is 2.72 bits per heavy atom. The number of anilines is 1. The summed E-state index contributed by atoms with van der Waals surface area (Å²) in [4.78, 5) is 8.66. The number of nitrogens with one attached hydrogen (secondary N) is 1. The van der Waals surface area contributed by atoms with Gasteiger partial charge in [0.05, 0.1) is 13.7 Å². The summed E-state index contributed by atoms with van der Waals surface area (Å²) in [5, 5.41) is 3.06. The minimum atomic E-state index is 0.299. The van der Waals surface area contributed by atoms with Gasteiger partial charge in [-0.15, -0.1) is 0 Å². The largest absolute Gasteiger partial charge is 0.497 e. The Balaban J connectivity index is 1.56. The number of hydrogen-bond acceptors (Lipinski definition) is 4. The number of nitrogens with zero attached hydrogens (tertiary/aromatic N) is 2. The van der Waals surface area contributed by atoms with Gasteiger partial charge >= 0.3 is 0 Å². The van der Waals surface area contributed by atoms with Gasteiger partial charge in [0.2, 0.25) is 5.88 Å². The number of rotatable bonds is 6. The Bertz CT molecular complexity index is 710. The van der Waals surface area contributed by atoms with Gasteiger partial charge in [0, 0.05) is 18.0 Å². The van der Waals surface area contributed by atoms with Crippen molar-refractivity contribution < 1.29 is 9.47 Å². The van der Waals surface area contributed by atoms with E-state index in [-0.39, 0.29) is 0 Å². The van der Waals surface area contributed by atoms with E-state index in [1.54, 1.807) is 13.3 Å². The third-order valence-electron chi connectivity index (χ3n) is 4.18. The molecule has 1 aromatic heterocycles. The van der Waals surface area contributed by atoms with Gasteiger partial charge < -0.3 is 20.5 Å². The predicted octanol–water partition coefficient (Wildman–Crippen LogP) is 3.34. The van der Waals surface area contributed by atoms with Crippen LogP contribution >= 0.6 is 0 Å². The molecule has 0 bridgehead atoms. The fourth-order valence-corrected chi connectivity index (χ4v) is 2.83. The number of methoxy groups -OCH3 is 1. The zero-order valence-corrected chi connectivity index (χ0v) is 14.4. The van der Waals surface area contributed by atoms with Crippen molar-refractivity contribution in [3.05, 3.63) is 48.2 Å². The van der Waals surface area contributed by atoms with Gasteiger partial charge in [-0.25, -0.2) is 9.98 Å². The Morgan fingerprint density at radius 2 is 2.00 bits per heavy atom. The van der Waals surface area contributed by atoms with Crippen LogP contribution in [0.3, 0.4) is 0 Å². The van der Waals surface area contributed by atoms with Gasteiger partial charge in [0.25, 0.3) is 0 Å². The van der Waals surface area contributed by atoms with Gasteiger partial charge in [-0.3, -0.25) is 0 Å². The van der Waals surface area contributed by atoms with Crippen LogP contribution in [0.5, 0.6) is 11.6 Å². The summed E-state index contributed by atoms with van der Waals surface area (Å²) >= 11 is 0. The van der Waals surface area contributed by atoms with E-state index in [0.717, 1.165) is 29.8 Å². The van der Waals surface area contributed by atoms with E-state index < -0.39 is 0 Å². The predicted molar refractivity (Wildman–Crippen MR) is 99.1 cm³/mol. The van der Waals surface area contributed by atoms with E-state index in [1.165, 1.54) is 12.8 Å². The molecule has 1 aliphatic carbocycles. The minimum absolute atomic E-state index is 0.299. The van der Waals surface area contributed by atoms with Crippen molar-refractivity contribution in [2.24, 2.45) is 10.7 Å². The minimum Gasteiger partial charge on any atom is -0.497 e. The first-order chi connectivity index (χ1) is 12.2. The van der Waals surface area contributed by atoms with Crippen LogP contribution in [0.15, 0.2) is 47.6 Å². The monoisotopic (exact) mass is 340 g/mol. The summed E-state index contributed by atoms with van der Waals surface area (Å²) in [5.41, 5.74) is 7.83. The third-order valence-corrected chi connectivity index (χ3v) is 4.18. The molecule has 0 unspecified atom stereocenters. The summed E-state index contributed by atoms with van der Waals surface area (Å²) in [6.07, 6.45) is 6.76. The van der Waals surface area contributed by atoms with Gasteiger partial charge in [-0.05, 0) is 61.6 Å². The molecule has 25 heavy (non-hydrogen) atoms. The zero-order chi connectivity index (χ0) is 17.5. The molecule has 3 N–H and O–H groups in total. The highest BCUT2D eigenvalue weighted by atomic mass is 16.5. The molecule has 0 radical (unpaired) electrons. The lowest BCUT2D eigenvalue weighted by Gasteiger charge is -2.12. The van der Waals surface area contributed by atoms with Crippen molar-refractivity contribution in [1.29, 1.82) is 0 Å². The number of hydrogen-bond donors (Lipinski definition) is 2. The standard InChI is InChI=1S/C19H24N4O2/c1-24-16-8-6-15(7-9-16)23-19(20)22-13-14-10-11-21-18(12-14)25-17-4-2-3-5-17/h6-12,17H,2-5,13H2,1H3,(H3,20,22,23). The Morgan fingerprint density at radius 1 is 1.24 bits per heavy atom. The highest BCUT2D eigenvalue weighted by Crippen LogP contribution is 2.23. The first-order valence-corrected chi connectivity index (χ1v) is 8.55. The molecule has 1 fully saturated rings. The molecule has 3 rings (SSSR count). The first-order valence-electron chi connectivity index (χ1n) is 8.55. The average molecular weight is 340 g/mol. The van der Waals surface area contributed by atoms with Crippen LogP contribution in [0.1, 0.15) is 31.2 Å². The van der Waals surface area contributed by atoms with Gasteiger partial charge in [-0.2, -0.15) is 0 Å². The normalized spacial score (nSPS) is 15.2. The third kappa shape index (κ3) is 5.11. The Labute approximate surface area is 148 Å². The number of aromatic nitrogens is 1. The molecule has 0 saturated heterocycles. The topological polar surface area (TPSA) is 81.8 Å². The van der Waals surface area contributed by atoms with Gasteiger partial charge in [0.15, 0.2) is 5.96 Å². The van der Waals surface area contributed by atoms with E-state index in [1.807, 2.05) is 36.4 Å². The average Bonchev–Trinajstić information content (AvgIpc) is 3.14. The SMILES string of the molecule is COc1ccc(NC(N)=NCc2ccnc(OC3CCCC3)c2)cc1. The molecule has 0 atom stereocenters. The number of guanidine groups is 1. The second-order valence-electron chi connectivity index (χ2n) is 6.08. The summed E-state index contributed by atoms with van der Waals surface area (Å²) in [6, 6.07) is 11.4. The molecular weight excluding hydrogens is 316 g/mol. The highest BCUT2D eigenvalue weighted by molar-refractivity contribution is 5.92. The van der Waals surface area contributed by atoms with Crippen molar-refractivity contribution in [3.63, 3.8) is 0 Å². The van der Waals surface area contributed by atoms with E-state index in [9.17, 15) is 0 Å². The lowest BCUT2D eigenvalue weighted by molar-refractivity contribution is 0.201. The van der Waals surface area contributed by atoms with E-state index in [0.29, 0.717) is 24.5 Å².